The van der Waals surface area contributed by atoms with Crippen LogP contribution in [-0.4, -0.2) is 35.2 Å². The zero-order chi connectivity index (χ0) is 20.6. The minimum atomic E-state index is -0.348. The first-order valence-electron chi connectivity index (χ1n) is 9.26. The Labute approximate surface area is 174 Å². The van der Waals surface area contributed by atoms with Gasteiger partial charge in [-0.1, -0.05) is 42.1 Å². The van der Waals surface area contributed by atoms with Gasteiger partial charge in [0.05, 0.1) is 13.2 Å². The number of hydrazone groups is 1. The average Bonchev–Trinajstić information content (AvgIpc) is 3.12. The molecule has 2 amide bonds. The van der Waals surface area contributed by atoms with Gasteiger partial charge in [0.15, 0.2) is 5.17 Å². The second-order valence-corrected chi connectivity index (χ2v) is 7.43. The van der Waals surface area contributed by atoms with Crippen LogP contribution in [0.1, 0.15) is 31.2 Å². The molecule has 1 aliphatic heterocycles. The zero-order valence-electron chi connectivity index (χ0n) is 16.3. The van der Waals surface area contributed by atoms with E-state index < -0.39 is 0 Å². The molecule has 1 aliphatic rings. The number of hydrogen-bond acceptors (Lipinski definition) is 6. The van der Waals surface area contributed by atoms with Crippen molar-refractivity contribution in [2.75, 3.05) is 13.2 Å². The van der Waals surface area contributed by atoms with Crippen LogP contribution in [0.15, 0.2) is 59.7 Å². The number of carbonyl (C=O) groups is 2. The number of para-hydroxylation sites is 1. The van der Waals surface area contributed by atoms with Crippen molar-refractivity contribution in [3.63, 3.8) is 0 Å². The highest BCUT2D eigenvalue weighted by Gasteiger charge is 2.32. The summed E-state index contributed by atoms with van der Waals surface area (Å²) in [5, 5.41) is 8.26. The number of carbonyl (C=O) groups excluding carboxylic acids is 2. The van der Waals surface area contributed by atoms with Gasteiger partial charge in [0, 0.05) is 20.3 Å². The van der Waals surface area contributed by atoms with Gasteiger partial charge < -0.3 is 14.8 Å². The summed E-state index contributed by atoms with van der Waals surface area (Å²) in [5.41, 5.74) is 0.868. The molecule has 2 aromatic carbocycles. The quantitative estimate of drug-likeness (QED) is 0.703. The van der Waals surface area contributed by atoms with Crippen molar-refractivity contribution in [2.45, 2.75) is 25.6 Å². The number of rotatable bonds is 7. The molecule has 2 aromatic rings. The van der Waals surface area contributed by atoms with E-state index in [1.807, 2.05) is 54.6 Å². The lowest BCUT2D eigenvalue weighted by Gasteiger charge is -2.19. The lowest BCUT2D eigenvalue weighted by atomic mass is 10.2. The van der Waals surface area contributed by atoms with E-state index in [9.17, 15) is 9.59 Å². The highest BCUT2D eigenvalue weighted by molar-refractivity contribution is 8.14. The maximum atomic E-state index is 12.0. The summed E-state index contributed by atoms with van der Waals surface area (Å²) in [6, 6.07) is 17.2. The lowest BCUT2D eigenvalue weighted by molar-refractivity contribution is -0.129. The van der Waals surface area contributed by atoms with Gasteiger partial charge >= 0.3 is 0 Å². The van der Waals surface area contributed by atoms with Crippen molar-refractivity contribution in [1.82, 2.24) is 10.3 Å². The van der Waals surface area contributed by atoms with Crippen LogP contribution in [0.5, 0.6) is 11.5 Å². The number of benzene rings is 2. The minimum absolute atomic E-state index is 0.202. The van der Waals surface area contributed by atoms with Gasteiger partial charge in [-0.2, -0.15) is 0 Å². The Morgan fingerprint density at radius 3 is 2.41 bits per heavy atom. The van der Waals surface area contributed by atoms with E-state index in [1.165, 1.54) is 30.6 Å². The average molecular weight is 413 g/mol. The smallest absolute Gasteiger partial charge is 0.241 e. The number of amidine groups is 1. The van der Waals surface area contributed by atoms with Crippen molar-refractivity contribution < 1.29 is 19.1 Å². The maximum absolute atomic E-state index is 12.0. The van der Waals surface area contributed by atoms with Crippen molar-refractivity contribution in [1.29, 1.82) is 0 Å². The Kier molecular flexibility index (Phi) is 7.13. The molecular weight excluding hydrogens is 390 g/mol. The molecule has 1 unspecified atom stereocenters. The molecular formula is C21H23N3O4S. The van der Waals surface area contributed by atoms with Crippen LogP contribution >= 0.6 is 11.8 Å². The van der Waals surface area contributed by atoms with E-state index in [2.05, 4.69) is 10.4 Å². The van der Waals surface area contributed by atoms with Gasteiger partial charge in [-0.25, -0.2) is 5.01 Å². The fourth-order valence-electron chi connectivity index (χ4n) is 2.69. The van der Waals surface area contributed by atoms with Crippen LogP contribution < -0.4 is 14.8 Å². The summed E-state index contributed by atoms with van der Waals surface area (Å²) < 4.78 is 11.5. The molecule has 3 rings (SSSR count). The maximum Gasteiger partial charge on any atom is 0.241 e. The number of nitrogens with one attached hydrogen (secondary N) is 1. The molecule has 0 bridgehead atoms. The zero-order valence-corrected chi connectivity index (χ0v) is 17.1. The van der Waals surface area contributed by atoms with Crippen LogP contribution in [0.3, 0.4) is 0 Å². The van der Waals surface area contributed by atoms with Gasteiger partial charge in [-0.05, 0) is 29.8 Å². The first kappa shape index (κ1) is 20.7. The Hall–Kier alpha value is -3.00. The normalized spacial score (nSPS) is 15.6. The van der Waals surface area contributed by atoms with Crippen LogP contribution in [0.2, 0.25) is 0 Å². The topological polar surface area (TPSA) is 80.2 Å². The largest absolute Gasteiger partial charge is 0.493 e. The van der Waals surface area contributed by atoms with Crippen molar-refractivity contribution in [2.24, 2.45) is 5.10 Å². The van der Waals surface area contributed by atoms with E-state index >= 15 is 0 Å². The van der Waals surface area contributed by atoms with Gasteiger partial charge in [0.1, 0.15) is 16.9 Å². The standard InChI is InChI=1S/C21H23N3O4S/c1-15(25)22-21-23-24(16(2)26)20(29-21)17-8-6-11-19(14-17)28-13-7-12-27-18-9-4-3-5-10-18/h3-6,8-11,14,20H,7,12-13H2,1-2H3,(H,22,23,25). The number of hydrogen-bond donors (Lipinski definition) is 1. The molecule has 0 saturated carbocycles. The fourth-order valence-corrected chi connectivity index (χ4v) is 3.82. The van der Waals surface area contributed by atoms with E-state index in [-0.39, 0.29) is 17.2 Å². The number of amides is 2. The molecule has 0 aliphatic carbocycles. The molecule has 0 saturated heterocycles. The third-order valence-electron chi connectivity index (χ3n) is 3.96. The third-order valence-corrected chi connectivity index (χ3v) is 5.06. The summed E-state index contributed by atoms with van der Waals surface area (Å²) in [6.45, 7) is 3.93. The molecule has 1 atom stereocenters. The van der Waals surface area contributed by atoms with E-state index in [0.29, 0.717) is 24.1 Å². The summed E-state index contributed by atoms with van der Waals surface area (Å²) >= 11 is 1.31. The molecule has 1 heterocycles. The highest BCUT2D eigenvalue weighted by Crippen LogP contribution is 2.39. The predicted octanol–water partition coefficient (Wildman–Crippen LogP) is 3.54. The second-order valence-electron chi connectivity index (χ2n) is 6.36. The molecule has 0 radical (unpaired) electrons. The van der Waals surface area contributed by atoms with Crippen LogP contribution in [0.25, 0.3) is 0 Å². The van der Waals surface area contributed by atoms with Gasteiger partial charge in [0.2, 0.25) is 11.8 Å². The van der Waals surface area contributed by atoms with Crippen LogP contribution in [0, 0.1) is 0 Å². The summed E-state index contributed by atoms with van der Waals surface area (Å²) in [4.78, 5) is 23.3. The third kappa shape index (κ3) is 5.99. The Morgan fingerprint density at radius 2 is 1.72 bits per heavy atom. The fraction of sp³-hybridized carbons (Fsp3) is 0.286. The molecule has 7 nitrogen and oxygen atoms in total. The summed E-state index contributed by atoms with van der Waals surface area (Å²) in [5.74, 6) is 1.12. The van der Waals surface area contributed by atoms with Crippen LogP contribution in [-0.2, 0) is 9.59 Å². The van der Waals surface area contributed by atoms with E-state index in [0.717, 1.165) is 17.7 Å². The van der Waals surface area contributed by atoms with E-state index in [1.54, 1.807) is 0 Å². The van der Waals surface area contributed by atoms with Crippen molar-refractivity contribution in [3.05, 3.63) is 60.2 Å². The number of ether oxygens (including phenoxy) is 2. The molecule has 0 spiro atoms. The van der Waals surface area contributed by atoms with Gasteiger partial charge in [0.25, 0.3) is 0 Å². The Balaban J connectivity index is 1.54. The van der Waals surface area contributed by atoms with Crippen molar-refractivity contribution in [3.8, 4) is 11.5 Å². The molecule has 29 heavy (non-hydrogen) atoms. The summed E-state index contributed by atoms with van der Waals surface area (Å²) in [7, 11) is 0. The Bertz CT molecular complexity index is 889. The predicted molar refractivity (Wildman–Crippen MR) is 113 cm³/mol. The SMILES string of the molecule is CC(=O)NC1=NN(C(C)=O)C(c2cccc(OCCCOc3ccccc3)c2)S1. The highest BCUT2D eigenvalue weighted by atomic mass is 32.2. The number of nitrogens with zero attached hydrogens (tertiary/aromatic N) is 2. The van der Waals surface area contributed by atoms with E-state index in [4.69, 9.17) is 9.47 Å². The Morgan fingerprint density at radius 1 is 1.03 bits per heavy atom. The minimum Gasteiger partial charge on any atom is -0.493 e. The van der Waals surface area contributed by atoms with Crippen LogP contribution in [0.4, 0.5) is 0 Å². The monoisotopic (exact) mass is 413 g/mol. The second kappa shape index (κ2) is 9.97. The van der Waals surface area contributed by atoms with Crippen molar-refractivity contribution >= 4 is 28.7 Å². The van der Waals surface area contributed by atoms with Gasteiger partial charge in [-0.3, -0.25) is 9.59 Å². The number of thioether (sulfide) groups is 1. The first-order chi connectivity index (χ1) is 14.0. The molecule has 8 heteroatoms. The molecule has 1 N–H and O–H groups in total. The van der Waals surface area contributed by atoms with Gasteiger partial charge in [-0.15, -0.1) is 5.10 Å². The molecule has 0 fully saturated rings. The molecule has 0 aromatic heterocycles. The summed E-state index contributed by atoms with van der Waals surface area (Å²) in [6.07, 6.45) is 0.743. The first-order valence-corrected chi connectivity index (χ1v) is 10.1. The molecule has 152 valence electrons. The lowest BCUT2D eigenvalue weighted by Crippen LogP contribution is -2.25.